The quantitative estimate of drug-likeness (QED) is 0.383. The molecule has 4 nitrogen and oxygen atoms in total. The van der Waals surface area contributed by atoms with Gasteiger partial charge >= 0.3 is 35.0 Å². The van der Waals surface area contributed by atoms with Gasteiger partial charge in [0, 0.05) is 0 Å². The molecule has 0 rings (SSSR count). The third-order valence-corrected chi connectivity index (χ3v) is 3.61. The number of carbonyl (C=O) groups is 2. The minimum atomic E-state index is -1.66. The number of aliphatic carboxylic acids is 2. The standard InChI is InChI=1S/C13H24O4.Mg.2H/c1-4-5-6-7-8-9-10(2)13(3,11(14)15)12(16)17;;;/h10H,4-9H2,1-3H3,(H,14,15)(H,16,17);;;. The van der Waals surface area contributed by atoms with Gasteiger partial charge in [-0.15, -0.1) is 0 Å². The van der Waals surface area contributed by atoms with Gasteiger partial charge in [-0.25, -0.2) is 0 Å². The van der Waals surface area contributed by atoms with Gasteiger partial charge in [0.2, 0.25) is 0 Å². The molecule has 1 unspecified atom stereocenters. The van der Waals surface area contributed by atoms with E-state index in [1.165, 1.54) is 13.3 Å². The Bertz CT molecular complexity index is 252. The number of rotatable bonds is 9. The highest BCUT2D eigenvalue weighted by Gasteiger charge is 2.46. The fraction of sp³-hybridized carbons (Fsp3) is 0.846. The summed E-state index contributed by atoms with van der Waals surface area (Å²) in [6.07, 6.45) is 6.09. The molecule has 104 valence electrons. The summed E-state index contributed by atoms with van der Waals surface area (Å²) in [5.74, 6) is -2.84. The van der Waals surface area contributed by atoms with Gasteiger partial charge in [-0.2, -0.15) is 0 Å². The summed E-state index contributed by atoms with van der Waals surface area (Å²) in [5.41, 5.74) is -1.66. The third-order valence-electron chi connectivity index (χ3n) is 3.61. The lowest BCUT2D eigenvalue weighted by Crippen LogP contribution is -2.42. The molecule has 0 saturated carbocycles. The molecule has 18 heavy (non-hydrogen) atoms. The lowest BCUT2D eigenvalue weighted by molar-refractivity contribution is -0.167. The summed E-state index contributed by atoms with van der Waals surface area (Å²) in [6.45, 7) is 5.14. The minimum absolute atomic E-state index is 0. The van der Waals surface area contributed by atoms with E-state index >= 15 is 0 Å². The van der Waals surface area contributed by atoms with Gasteiger partial charge in [-0.1, -0.05) is 46.0 Å². The van der Waals surface area contributed by atoms with Crippen LogP contribution in [0.5, 0.6) is 0 Å². The van der Waals surface area contributed by atoms with Crippen LogP contribution in [0.1, 0.15) is 59.3 Å². The first-order chi connectivity index (χ1) is 7.87. The van der Waals surface area contributed by atoms with E-state index in [0.717, 1.165) is 25.7 Å². The van der Waals surface area contributed by atoms with Gasteiger partial charge in [0.1, 0.15) is 0 Å². The zero-order valence-corrected chi connectivity index (χ0v) is 11.0. The lowest BCUT2D eigenvalue weighted by Gasteiger charge is -2.27. The summed E-state index contributed by atoms with van der Waals surface area (Å²) in [6, 6.07) is 0. The maximum Gasteiger partial charge on any atom is 0.321 e. The molecule has 0 aliphatic rings. The fourth-order valence-corrected chi connectivity index (χ4v) is 1.86. The topological polar surface area (TPSA) is 74.6 Å². The zero-order chi connectivity index (χ0) is 13.5. The third kappa shape index (κ3) is 5.56. The summed E-state index contributed by atoms with van der Waals surface area (Å²) in [4.78, 5) is 22.1. The first kappa shape index (κ1) is 20.0. The summed E-state index contributed by atoms with van der Waals surface area (Å²) in [5, 5.41) is 18.1. The molecule has 0 heterocycles. The van der Waals surface area contributed by atoms with Crippen LogP contribution in [0, 0.1) is 11.3 Å². The Hall–Kier alpha value is -0.294. The zero-order valence-electron chi connectivity index (χ0n) is 11.0. The van der Waals surface area contributed by atoms with E-state index in [-0.39, 0.29) is 29.0 Å². The highest BCUT2D eigenvalue weighted by Crippen LogP contribution is 2.32. The number of hydrogen-bond acceptors (Lipinski definition) is 2. The smallest absolute Gasteiger partial charge is 0.321 e. The maximum absolute atomic E-state index is 11.1. The van der Waals surface area contributed by atoms with E-state index in [4.69, 9.17) is 10.2 Å². The second kappa shape index (κ2) is 9.61. The highest BCUT2D eigenvalue weighted by atomic mass is 24.3. The molecule has 0 aliphatic heterocycles. The molecule has 5 heteroatoms. The van der Waals surface area contributed by atoms with Gasteiger partial charge < -0.3 is 10.2 Å². The highest BCUT2D eigenvalue weighted by molar-refractivity contribution is 5.98. The molecule has 0 radical (unpaired) electrons. The summed E-state index contributed by atoms with van der Waals surface area (Å²) >= 11 is 0. The molecule has 0 bridgehead atoms. The number of hydrogen-bond donors (Lipinski definition) is 2. The average molecular weight is 271 g/mol. The molecular formula is C13H26MgO4. The van der Waals surface area contributed by atoms with Crippen LogP contribution in [-0.4, -0.2) is 45.2 Å². The van der Waals surface area contributed by atoms with Crippen molar-refractivity contribution in [2.45, 2.75) is 59.3 Å². The predicted molar refractivity (Wildman–Crippen MR) is 74.5 cm³/mol. The predicted octanol–water partition coefficient (Wildman–Crippen LogP) is 2.24. The molecule has 1 atom stereocenters. The largest absolute Gasteiger partial charge is 0.480 e. The normalized spacial score (nSPS) is 12.6. The van der Waals surface area contributed by atoms with Crippen molar-refractivity contribution in [1.82, 2.24) is 0 Å². The first-order valence-corrected chi connectivity index (χ1v) is 6.34. The average Bonchev–Trinajstić information content (AvgIpc) is 2.26. The number of carboxylic acid groups (broad SMARTS) is 2. The van der Waals surface area contributed by atoms with Crippen molar-refractivity contribution in [2.24, 2.45) is 11.3 Å². The Morgan fingerprint density at radius 3 is 1.89 bits per heavy atom. The Morgan fingerprint density at radius 2 is 1.50 bits per heavy atom. The van der Waals surface area contributed by atoms with Gasteiger partial charge in [-0.3, -0.25) is 9.59 Å². The van der Waals surface area contributed by atoms with Gasteiger partial charge in [0.15, 0.2) is 5.41 Å². The molecule has 0 aliphatic carbocycles. The van der Waals surface area contributed by atoms with Crippen LogP contribution < -0.4 is 0 Å². The van der Waals surface area contributed by atoms with E-state index in [0.29, 0.717) is 6.42 Å². The molecule has 0 aromatic heterocycles. The van der Waals surface area contributed by atoms with Crippen LogP contribution in [0.15, 0.2) is 0 Å². The number of carboxylic acids is 2. The van der Waals surface area contributed by atoms with E-state index in [1.807, 2.05) is 0 Å². The van der Waals surface area contributed by atoms with Crippen LogP contribution in [0.4, 0.5) is 0 Å². The van der Waals surface area contributed by atoms with Crippen molar-refractivity contribution >= 4 is 35.0 Å². The van der Waals surface area contributed by atoms with Crippen molar-refractivity contribution in [3.05, 3.63) is 0 Å². The van der Waals surface area contributed by atoms with E-state index in [2.05, 4.69) is 6.92 Å². The minimum Gasteiger partial charge on any atom is -0.480 e. The fourth-order valence-electron chi connectivity index (χ4n) is 1.86. The second-order valence-corrected chi connectivity index (χ2v) is 4.92. The first-order valence-electron chi connectivity index (χ1n) is 6.34. The van der Waals surface area contributed by atoms with Gasteiger partial charge in [0.05, 0.1) is 0 Å². The van der Waals surface area contributed by atoms with Crippen molar-refractivity contribution in [2.75, 3.05) is 0 Å². The van der Waals surface area contributed by atoms with Gasteiger partial charge in [-0.05, 0) is 19.3 Å². The molecule has 0 spiro atoms. The molecule has 0 amide bonds. The Kier molecular flexibility index (Phi) is 10.7. The van der Waals surface area contributed by atoms with Crippen molar-refractivity contribution in [1.29, 1.82) is 0 Å². The summed E-state index contributed by atoms with van der Waals surface area (Å²) in [7, 11) is 0. The second-order valence-electron chi connectivity index (χ2n) is 4.92. The van der Waals surface area contributed by atoms with Crippen molar-refractivity contribution < 1.29 is 19.8 Å². The van der Waals surface area contributed by atoms with Crippen LogP contribution in [0.25, 0.3) is 0 Å². The number of unbranched alkanes of at least 4 members (excludes halogenated alkanes) is 4. The molecule has 0 aromatic carbocycles. The van der Waals surface area contributed by atoms with Crippen LogP contribution in [0.3, 0.4) is 0 Å². The van der Waals surface area contributed by atoms with Gasteiger partial charge in [0.25, 0.3) is 0 Å². The molecule has 2 N–H and O–H groups in total. The Balaban J connectivity index is 0. The summed E-state index contributed by atoms with van der Waals surface area (Å²) < 4.78 is 0. The SMILES string of the molecule is CCCCCCCC(C)C(C)(C(=O)O)C(=O)O.[MgH2]. The molecule has 0 saturated heterocycles. The monoisotopic (exact) mass is 270 g/mol. The molecule has 0 aromatic rings. The molecule has 0 fully saturated rings. The maximum atomic E-state index is 11.1. The Morgan fingerprint density at radius 1 is 1.06 bits per heavy atom. The van der Waals surface area contributed by atoms with Crippen LogP contribution in [-0.2, 0) is 9.59 Å². The van der Waals surface area contributed by atoms with Crippen molar-refractivity contribution in [3.63, 3.8) is 0 Å². The Labute approximate surface area is 125 Å². The van der Waals surface area contributed by atoms with E-state index in [1.54, 1.807) is 6.92 Å². The van der Waals surface area contributed by atoms with Crippen LogP contribution >= 0.6 is 0 Å². The lowest BCUT2D eigenvalue weighted by atomic mass is 9.75. The van der Waals surface area contributed by atoms with E-state index < -0.39 is 17.4 Å². The van der Waals surface area contributed by atoms with Crippen molar-refractivity contribution in [3.8, 4) is 0 Å². The van der Waals surface area contributed by atoms with E-state index in [9.17, 15) is 9.59 Å². The molecular weight excluding hydrogens is 244 g/mol. The van der Waals surface area contributed by atoms with Crippen LogP contribution in [0.2, 0.25) is 0 Å².